The van der Waals surface area contributed by atoms with Gasteiger partial charge in [0, 0.05) is 0 Å². The zero-order valence-corrected chi connectivity index (χ0v) is 10.5. The number of ether oxygens (including phenoxy) is 1. The SMILES string of the molecule is COc1c(C)c(C)cc(C)c1NC(C)C#N. The van der Waals surface area contributed by atoms with E-state index in [2.05, 4.69) is 24.4 Å². The second kappa shape index (κ2) is 4.89. The van der Waals surface area contributed by atoms with Gasteiger partial charge < -0.3 is 10.1 Å². The summed E-state index contributed by atoms with van der Waals surface area (Å²) in [5, 5.41) is 12.0. The fourth-order valence-electron chi connectivity index (χ4n) is 1.73. The molecule has 0 aliphatic carbocycles. The van der Waals surface area contributed by atoms with Gasteiger partial charge in [-0.2, -0.15) is 5.26 Å². The summed E-state index contributed by atoms with van der Waals surface area (Å²) < 4.78 is 5.41. The largest absolute Gasteiger partial charge is 0.494 e. The van der Waals surface area contributed by atoms with Crippen LogP contribution in [0.3, 0.4) is 0 Å². The maximum absolute atomic E-state index is 8.82. The van der Waals surface area contributed by atoms with Crippen LogP contribution in [0.1, 0.15) is 23.6 Å². The van der Waals surface area contributed by atoms with Gasteiger partial charge in [0.1, 0.15) is 11.8 Å². The molecule has 0 heterocycles. The van der Waals surface area contributed by atoms with Crippen LogP contribution in [0.4, 0.5) is 5.69 Å². The first kappa shape index (κ1) is 12.4. The summed E-state index contributed by atoms with van der Waals surface area (Å²) in [6, 6.07) is 4.03. The van der Waals surface area contributed by atoms with E-state index >= 15 is 0 Å². The van der Waals surface area contributed by atoms with Crippen molar-refractivity contribution < 1.29 is 4.74 Å². The number of rotatable bonds is 3. The van der Waals surface area contributed by atoms with Crippen molar-refractivity contribution in [2.75, 3.05) is 12.4 Å². The van der Waals surface area contributed by atoms with E-state index in [0.717, 1.165) is 22.6 Å². The highest BCUT2D eigenvalue weighted by atomic mass is 16.5. The van der Waals surface area contributed by atoms with Crippen LogP contribution < -0.4 is 10.1 Å². The van der Waals surface area contributed by atoms with Crippen LogP contribution in [0, 0.1) is 32.1 Å². The molecule has 16 heavy (non-hydrogen) atoms. The Morgan fingerprint density at radius 1 is 1.31 bits per heavy atom. The third-order valence-corrected chi connectivity index (χ3v) is 2.75. The molecule has 0 amide bonds. The predicted octanol–water partition coefficient (Wildman–Crippen LogP) is 2.94. The van der Waals surface area contributed by atoms with E-state index in [1.807, 2.05) is 20.8 Å². The lowest BCUT2D eigenvalue weighted by atomic mass is 10.0. The molecule has 86 valence electrons. The van der Waals surface area contributed by atoms with E-state index in [1.165, 1.54) is 5.56 Å². The van der Waals surface area contributed by atoms with Crippen molar-refractivity contribution in [2.24, 2.45) is 0 Å². The molecule has 1 unspecified atom stereocenters. The number of aryl methyl sites for hydroxylation is 2. The number of benzene rings is 1. The lowest BCUT2D eigenvalue weighted by Crippen LogP contribution is -2.14. The van der Waals surface area contributed by atoms with Crippen molar-refractivity contribution in [2.45, 2.75) is 33.7 Å². The lowest BCUT2D eigenvalue weighted by Gasteiger charge is -2.18. The Bertz CT molecular complexity index is 433. The van der Waals surface area contributed by atoms with Crippen LogP contribution in [0.5, 0.6) is 5.75 Å². The van der Waals surface area contributed by atoms with Gasteiger partial charge in [0.05, 0.1) is 18.9 Å². The third-order valence-electron chi connectivity index (χ3n) is 2.75. The van der Waals surface area contributed by atoms with Gasteiger partial charge in [-0.25, -0.2) is 0 Å². The summed E-state index contributed by atoms with van der Waals surface area (Å²) >= 11 is 0. The molecule has 3 nitrogen and oxygen atoms in total. The van der Waals surface area contributed by atoms with Gasteiger partial charge in [-0.15, -0.1) is 0 Å². The zero-order valence-electron chi connectivity index (χ0n) is 10.5. The Labute approximate surface area is 97.0 Å². The van der Waals surface area contributed by atoms with Crippen LogP contribution in [0.2, 0.25) is 0 Å². The quantitative estimate of drug-likeness (QED) is 0.848. The first-order valence-electron chi connectivity index (χ1n) is 5.32. The molecule has 0 aliphatic rings. The molecule has 0 aliphatic heterocycles. The average Bonchev–Trinajstić information content (AvgIpc) is 2.26. The summed E-state index contributed by atoms with van der Waals surface area (Å²) in [7, 11) is 1.66. The fourth-order valence-corrected chi connectivity index (χ4v) is 1.73. The Morgan fingerprint density at radius 3 is 2.44 bits per heavy atom. The van der Waals surface area contributed by atoms with Gasteiger partial charge >= 0.3 is 0 Å². The summed E-state index contributed by atoms with van der Waals surface area (Å²) in [4.78, 5) is 0. The number of nitrogens with zero attached hydrogens (tertiary/aromatic N) is 1. The second-order valence-electron chi connectivity index (χ2n) is 4.04. The average molecular weight is 218 g/mol. The molecule has 0 fully saturated rings. The maximum atomic E-state index is 8.82. The van der Waals surface area contributed by atoms with Crippen molar-refractivity contribution in [3.05, 3.63) is 22.8 Å². The molecular formula is C13H18N2O. The number of hydrogen-bond donors (Lipinski definition) is 1. The Morgan fingerprint density at radius 2 is 1.94 bits per heavy atom. The maximum Gasteiger partial charge on any atom is 0.145 e. The van der Waals surface area contributed by atoms with Crippen molar-refractivity contribution in [3.8, 4) is 11.8 Å². The van der Waals surface area contributed by atoms with Crippen LogP contribution in [0.25, 0.3) is 0 Å². The molecule has 1 rings (SSSR count). The molecule has 1 N–H and O–H groups in total. The van der Waals surface area contributed by atoms with E-state index in [9.17, 15) is 0 Å². The van der Waals surface area contributed by atoms with Crippen LogP contribution in [-0.2, 0) is 0 Å². The van der Waals surface area contributed by atoms with E-state index in [0.29, 0.717) is 0 Å². The summed E-state index contributed by atoms with van der Waals surface area (Å²) in [5.41, 5.74) is 4.33. The molecular weight excluding hydrogens is 200 g/mol. The first-order chi connectivity index (χ1) is 7.51. The molecule has 0 saturated heterocycles. The van der Waals surface area contributed by atoms with Gasteiger partial charge in [-0.1, -0.05) is 6.07 Å². The van der Waals surface area contributed by atoms with Crippen LogP contribution in [0.15, 0.2) is 6.07 Å². The summed E-state index contributed by atoms with van der Waals surface area (Å²) in [6.45, 7) is 7.92. The minimum atomic E-state index is -0.227. The van der Waals surface area contributed by atoms with Crippen LogP contribution >= 0.6 is 0 Å². The highest BCUT2D eigenvalue weighted by molar-refractivity contribution is 5.67. The van der Waals surface area contributed by atoms with E-state index < -0.39 is 0 Å². The van der Waals surface area contributed by atoms with Crippen LogP contribution in [-0.4, -0.2) is 13.2 Å². The minimum Gasteiger partial charge on any atom is -0.494 e. The molecule has 1 aromatic rings. The van der Waals surface area contributed by atoms with Crippen molar-refractivity contribution in [1.82, 2.24) is 0 Å². The highest BCUT2D eigenvalue weighted by Gasteiger charge is 2.13. The fraction of sp³-hybridized carbons (Fsp3) is 0.462. The molecule has 1 aromatic carbocycles. The Balaban J connectivity index is 3.27. The van der Waals surface area contributed by atoms with Gasteiger partial charge in [-0.3, -0.25) is 0 Å². The number of nitriles is 1. The molecule has 1 atom stereocenters. The zero-order chi connectivity index (χ0) is 12.3. The molecule has 0 radical (unpaired) electrons. The molecule has 0 bridgehead atoms. The standard InChI is InChI=1S/C13H18N2O/c1-8-6-9(2)12(15-10(3)7-14)13(16-5)11(8)4/h6,10,15H,1-5H3. The number of methoxy groups -OCH3 is 1. The molecule has 3 heteroatoms. The predicted molar refractivity (Wildman–Crippen MR) is 65.9 cm³/mol. The van der Waals surface area contributed by atoms with Crippen molar-refractivity contribution in [1.29, 1.82) is 5.26 Å². The van der Waals surface area contributed by atoms with Crippen molar-refractivity contribution in [3.63, 3.8) is 0 Å². The second-order valence-corrected chi connectivity index (χ2v) is 4.04. The lowest BCUT2D eigenvalue weighted by molar-refractivity contribution is 0.412. The smallest absolute Gasteiger partial charge is 0.145 e. The first-order valence-corrected chi connectivity index (χ1v) is 5.32. The van der Waals surface area contributed by atoms with E-state index in [-0.39, 0.29) is 6.04 Å². The van der Waals surface area contributed by atoms with Gasteiger partial charge in [0.2, 0.25) is 0 Å². The van der Waals surface area contributed by atoms with Gasteiger partial charge in [0.25, 0.3) is 0 Å². The van der Waals surface area contributed by atoms with E-state index in [1.54, 1.807) is 7.11 Å². The number of anilines is 1. The van der Waals surface area contributed by atoms with Gasteiger partial charge in [0.15, 0.2) is 0 Å². The van der Waals surface area contributed by atoms with E-state index in [4.69, 9.17) is 10.00 Å². The topological polar surface area (TPSA) is 45.0 Å². The van der Waals surface area contributed by atoms with Crippen molar-refractivity contribution >= 4 is 5.69 Å². The summed E-state index contributed by atoms with van der Waals surface area (Å²) in [6.07, 6.45) is 0. The molecule has 0 spiro atoms. The summed E-state index contributed by atoms with van der Waals surface area (Å²) in [5.74, 6) is 0.833. The monoisotopic (exact) mass is 218 g/mol. The normalized spacial score (nSPS) is 11.8. The Hall–Kier alpha value is -1.69. The highest BCUT2D eigenvalue weighted by Crippen LogP contribution is 2.34. The Kier molecular flexibility index (Phi) is 3.78. The molecule has 0 aromatic heterocycles. The number of hydrogen-bond acceptors (Lipinski definition) is 3. The third kappa shape index (κ3) is 2.27. The number of nitrogens with one attached hydrogen (secondary N) is 1. The molecule has 0 saturated carbocycles. The van der Waals surface area contributed by atoms with Gasteiger partial charge in [-0.05, 0) is 44.4 Å². The minimum absolute atomic E-state index is 0.227.